The second-order valence-electron chi connectivity index (χ2n) is 4.61. The molecule has 2 aromatic carbocycles. The minimum Gasteiger partial charge on any atom is -0.481 e. The first-order chi connectivity index (χ1) is 10.1. The van der Waals surface area contributed by atoms with Crippen LogP contribution < -0.4 is 4.74 Å². The number of nitriles is 1. The third-order valence-corrected chi connectivity index (χ3v) is 3.21. The molecule has 2 rings (SSSR count). The third kappa shape index (κ3) is 3.61. The molecule has 4 nitrogen and oxygen atoms in total. The summed E-state index contributed by atoms with van der Waals surface area (Å²) in [4.78, 5) is 11.1. The van der Waals surface area contributed by atoms with Crippen LogP contribution in [0.25, 0.3) is 0 Å². The van der Waals surface area contributed by atoms with E-state index < -0.39 is 11.9 Å². The highest BCUT2D eigenvalue weighted by Crippen LogP contribution is 2.25. The lowest BCUT2D eigenvalue weighted by atomic mass is 9.97. The largest absolute Gasteiger partial charge is 0.481 e. The number of hydrogen-bond acceptors (Lipinski definition) is 3. The first-order valence-electron chi connectivity index (χ1n) is 6.65. The zero-order valence-corrected chi connectivity index (χ0v) is 11.6. The smallest absolute Gasteiger partial charge is 0.310 e. The van der Waals surface area contributed by atoms with Gasteiger partial charge in [-0.3, -0.25) is 4.79 Å². The summed E-state index contributed by atoms with van der Waals surface area (Å²) in [5.74, 6) is -0.0528. The second-order valence-corrected chi connectivity index (χ2v) is 4.61. The van der Waals surface area contributed by atoms with E-state index in [2.05, 4.69) is 0 Å². The molecule has 4 heteroatoms. The van der Waals surface area contributed by atoms with Gasteiger partial charge in [-0.1, -0.05) is 19.1 Å². The number of nitrogens with zero attached hydrogens (tertiary/aromatic N) is 1. The molecule has 0 aliphatic rings. The Hall–Kier alpha value is -2.80. The highest BCUT2D eigenvalue weighted by atomic mass is 16.5. The molecule has 0 fully saturated rings. The number of hydrogen-bond donors (Lipinski definition) is 1. The Labute approximate surface area is 123 Å². The van der Waals surface area contributed by atoms with Gasteiger partial charge >= 0.3 is 5.97 Å². The van der Waals surface area contributed by atoms with E-state index in [1.165, 1.54) is 0 Å². The molecule has 0 bridgehead atoms. The van der Waals surface area contributed by atoms with Gasteiger partial charge in [0.15, 0.2) is 0 Å². The Balaban J connectivity index is 2.11. The Bertz CT molecular complexity index is 654. The van der Waals surface area contributed by atoms with Gasteiger partial charge in [-0.05, 0) is 48.4 Å². The van der Waals surface area contributed by atoms with Gasteiger partial charge < -0.3 is 9.84 Å². The molecule has 0 spiro atoms. The normalized spacial score (nSPS) is 11.4. The molecule has 21 heavy (non-hydrogen) atoms. The van der Waals surface area contributed by atoms with Gasteiger partial charge in [0.1, 0.15) is 11.5 Å². The quantitative estimate of drug-likeness (QED) is 0.901. The summed E-state index contributed by atoms with van der Waals surface area (Å²) in [6.45, 7) is 1.85. The van der Waals surface area contributed by atoms with Crippen molar-refractivity contribution in [3.8, 4) is 17.6 Å². The summed E-state index contributed by atoms with van der Waals surface area (Å²) in [6.07, 6.45) is 0.547. The van der Waals surface area contributed by atoms with Crippen LogP contribution in [0.2, 0.25) is 0 Å². The van der Waals surface area contributed by atoms with Crippen molar-refractivity contribution in [2.45, 2.75) is 19.3 Å². The van der Waals surface area contributed by atoms with Gasteiger partial charge in [0.2, 0.25) is 0 Å². The summed E-state index contributed by atoms with van der Waals surface area (Å²) in [6, 6.07) is 15.9. The van der Waals surface area contributed by atoms with Crippen molar-refractivity contribution in [3.63, 3.8) is 0 Å². The highest BCUT2D eigenvalue weighted by molar-refractivity contribution is 5.76. The topological polar surface area (TPSA) is 70.3 Å². The van der Waals surface area contributed by atoms with Crippen LogP contribution in [0, 0.1) is 11.3 Å². The van der Waals surface area contributed by atoms with Gasteiger partial charge in [-0.15, -0.1) is 0 Å². The Kier molecular flexibility index (Phi) is 4.57. The lowest BCUT2D eigenvalue weighted by molar-refractivity contribution is -0.138. The minimum atomic E-state index is -0.821. The molecule has 0 radical (unpaired) electrons. The maximum Gasteiger partial charge on any atom is 0.310 e. The molecule has 106 valence electrons. The molecule has 1 N–H and O–H groups in total. The standard InChI is InChI=1S/C17H15NO3/c1-2-16(17(19)20)13-5-9-15(10-6-13)21-14-7-3-12(11-18)4-8-14/h3-10,16H,2H2,1H3,(H,19,20). The summed E-state index contributed by atoms with van der Waals surface area (Å²) >= 11 is 0. The number of aliphatic carboxylic acids is 1. The fourth-order valence-electron chi connectivity index (χ4n) is 2.05. The Morgan fingerprint density at radius 3 is 2.10 bits per heavy atom. The van der Waals surface area contributed by atoms with E-state index in [1.54, 1.807) is 48.5 Å². The fraction of sp³-hybridized carbons (Fsp3) is 0.176. The zero-order valence-electron chi connectivity index (χ0n) is 11.6. The predicted molar refractivity (Wildman–Crippen MR) is 78.3 cm³/mol. The molecule has 0 aromatic heterocycles. The van der Waals surface area contributed by atoms with Crippen LogP contribution in [-0.2, 0) is 4.79 Å². The number of ether oxygens (including phenoxy) is 1. The Morgan fingerprint density at radius 2 is 1.67 bits per heavy atom. The fourth-order valence-corrected chi connectivity index (χ4v) is 2.05. The van der Waals surface area contributed by atoms with Crippen LogP contribution in [-0.4, -0.2) is 11.1 Å². The molecule has 0 heterocycles. The average molecular weight is 281 g/mol. The molecule has 2 aromatic rings. The lowest BCUT2D eigenvalue weighted by Gasteiger charge is -2.11. The average Bonchev–Trinajstić information content (AvgIpc) is 2.50. The summed E-state index contributed by atoms with van der Waals surface area (Å²) in [7, 11) is 0. The van der Waals surface area contributed by atoms with Crippen molar-refractivity contribution in [3.05, 3.63) is 59.7 Å². The van der Waals surface area contributed by atoms with Crippen molar-refractivity contribution in [1.29, 1.82) is 5.26 Å². The molecular weight excluding hydrogens is 266 g/mol. The third-order valence-electron chi connectivity index (χ3n) is 3.21. The van der Waals surface area contributed by atoms with Crippen LogP contribution in [0.15, 0.2) is 48.5 Å². The van der Waals surface area contributed by atoms with Gasteiger partial charge in [-0.25, -0.2) is 0 Å². The zero-order chi connectivity index (χ0) is 15.2. The lowest BCUT2D eigenvalue weighted by Crippen LogP contribution is -2.10. The number of carboxylic acid groups (broad SMARTS) is 1. The van der Waals surface area contributed by atoms with E-state index in [4.69, 9.17) is 15.1 Å². The van der Waals surface area contributed by atoms with E-state index in [0.29, 0.717) is 23.5 Å². The first kappa shape index (κ1) is 14.6. The van der Waals surface area contributed by atoms with Gasteiger partial charge in [0.25, 0.3) is 0 Å². The van der Waals surface area contributed by atoms with E-state index in [-0.39, 0.29) is 0 Å². The molecular formula is C17H15NO3. The molecule has 1 unspecified atom stereocenters. The van der Waals surface area contributed by atoms with Crippen molar-refractivity contribution < 1.29 is 14.6 Å². The summed E-state index contributed by atoms with van der Waals surface area (Å²) in [5.41, 5.74) is 1.34. The van der Waals surface area contributed by atoms with Gasteiger partial charge in [-0.2, -0.15) is 5.26 Å². The van der Waals surface area contributed by atoms with Crippen LogP contribution in [0.3, 0.4) is 0 Å². The van der Waals surface area contributed by atoms with Gasteiger partial charge in [0.05, 0.1) is 17.6 Å². The van der Waals surface area contributed by atoms with E-state index >= 15 is 0 Å². The Morgan fingerprint density at radius 1 is 1.14 bits per heavy atom. The molecule has 0 amide bonds. The van der Waals surface area contributed by atoms with Crippen molar-refractivity contribution in [2.24, 2.45) is 0 Å². The van der Waals surface area contributed by atoms with Crippen molar-refractivity contribution in [1.82, 2.24) is 0 Å². The van der Waals surface area contributed by atoms with E-state index in [0.717, 1.165) is 5.56 Å². The number of carboxylic acids is 1. The molecule has 0 saturated heterocycles. The van der Waals surface area contributed by atoms with Crippen LogP contribution in [0.5, 0.6) is 11.5 Å². The minimum absolute atomic E-state index is 0.492. The number of rotatable bonds is 5. The van der Waals surface area contributed by atoms with E-state index in [1.807, 2.05) is 13.0 Å². The second kappa shape index (κ2) is 6.58. The molecule has 0 saturated carbocycles. The first-order valence-corrected chi connectivity index (χ1v) is 6.65. The SMILES string of the molecule is CCC(C(=O)O)c1ccc(Oc2ccc(C#N)cc2)cc1. The molecule has 0 aliphatic heterocycles. The predicted octanol–water partition coefficient (Wildman–Crippen LogP) is 3.93. The van der Waals surface area contributed by atoms with E-state index in [9.17, 15) is 4.79 Å². The van der Waals surface area contributed by atoms with Crippen molar-refractivity contribution in [2.75, 3.05) is 0 Å². The van der Waals surface area contributed by atoms with Crippen LogP contribution >= 0.6 is 0 Å². The summed E-state index contributed by atoms with van der Waals surface area (Å²) < 4.78 is 5.65. The van der Waals surface area contributed by atoms with Crippen LogP contribution in [0.1, 0.15) is 30.4 Å². The number of benzene rings is 2. The van der Waals surface area contributed by atoms with Crippen LogP contribution in [0.4, 0.5) is 0 Å². The molecule has 1 atom stereocenters. The number of carbonyl (C=O) groups is 1. The maximum atomic E-state index is 11.1. The van der Waals surface area contributed by atoms with Gasteiger partial charge in [0, 0.05) is 0 Å². The van der Waals surface area contributed by atoms with Crippen molar-refractivity contribution >= 4 is 5.97 Å². The maximum absolute atomic E-state index is 11.1. The summed E-state index contributed by atoms with van der Waals surface area (Å²) in [5, 5.41) is 17.9. The monoisotopic (exact) mass is 281 g/mol. The highest BCUT2D eigenvalue weighted by Gasteiger charge is 2.17. The molecule has 0 aliphatic carbocycles.